The third kappa shape index (κ3) is 3.65. The number of aromatic nitrogens is 1. The van der Waals surface area contributed by atoms with Crippen LogP contribution in [0.2, 0.25) is 0 Å². The van der Waals surface area contributed by atoms with Gasteiger partial charge in [-0.05, 0) is 29.7 Å². The van der Waals surface area contributed by atoms with Crippen LogP contribution in [0.5, 0.6) is 0 Å². The second-order valence-electron chi connectivity index (χ2n) is 4.11. The fraction of sp³-hybridized carbons (Fsp3) is 0.267. The van der Waals surface area contributed by atoms with Crippen LogP contribution < -0.4 is 5.73 Å². The summed E-state index contributed by atoms with van der Waals surface area (Å²) in [4.78, 5) is 3.99. The Labute approximate surface area is 108 Å². The molecule has 0 radical (unpaired) electrons. The molecule has 0 saturated heterocycles. The molecule has 1 unspecified atom stereocenters. The number of rotatable bonds is 6. The molecule has 0 aliphatic heterocycles. The van der Waals surface area contributed by atoms with Gasteiger partial charge in [0.25, 0.3) is 0 Å². The van der Waals surface area contributed by atoms with Gasteiger partial charge >= 0.3 is 0 Å². The van der Waals surface area contributed by atoms with E-state index >= 15 is 0 Å². The molecule has 2 N–H and O–H groups in total. The Kier molecular flexibility index (Phi) is 4.88. The van der Waals surface area contributed by atoms with Gasteiger partial charge in [0.05, 0.1) is 12.7 Å². The van der Waals surface area contributed by atoms with E-state index in [0.29, 0.717) is 13.2 Å². The molecular formula is C15H18N2O. The summed E-state index contributed by atoms with van der Waals surface area (Å²) in [5, 5.41) is 0. The highest BCUT2D eigenvalue weighted by Crippen LogP contribution is 2.15. The van der Waals surface area contributed by atoms with E-state index in [0.717, 1.165) is 12.0 Å². The number of benzene rings is 1. The highest BCUT2D eigenvalue weighted by molar-refractivity contribution is 5.15. The molecule has 3 heteroatoms. The molecule has 0 amide bonds. The second-order valence-corrected chi connectivity index (χ2v) is 4.11. The summed E-state index contributed by atoms with van der Waals surface area (Å²) in [6.45, 7) is 1.16. The molecule has 0 spiro atoms. The zero-order valence-electron chi connectivity index (χ0n) is 10.3. The molecule has 1 heterocycles. The van der Waals surface area contributed by atoms with E-state index in [-0.39, 0.29) is 6.10 Å². The van der Waals surface area contributed by atoms with Crippen LogP contribution in [0, 0.1) is 0 Å². The van der Waals surface area contributed by atoms with Crippen LogP contribution >= 0.6 is 0 Å². The molecule has 2 rings (SSSR count). The lowest BCUT2D eigenvalue weighted by Crippen LogP contribution is -2.17. The third-order valence-electron chi connectivity index (χ3n) is 2.84. The lowest BCUT2D eigenvalue weighted by Gasteiger charge is -2.16. The van der Waals surface area contributed by atoms with Crippen molar-refractivity contribution >= 4 is 0 Å². The van der Waals surface area contributed by atoms with Crippen LogP contribution in [0.25, 0.3) is 0 Å². The van der Waals surface area contributed by atoms with E-state index in [4.69, 9.17) is 10.5 Å². The van der Waals surface area contributed by atoms with E-state index in [1.807, 2.05) is 30.3 Å². The Balaban J connectivity index is 1.85. The average molecular weight is 242 g/mol. The lowest BCUT2D eigenvalue weighted by atomic mass is 10.1. The predicted octanol–water partition coefficient (Wildman–Crippen LogP) is 2.34. The zero-order valence-corrected chi connectivity index (χ0v) is 10.3. The maximum atomic E-state index is 5.83. The number of hydrogen-bond donors (Lipinski definition) is 1. The normalized spacial score (nSPS) is 12.3. The second kappa shape index (κ2) is 6.89. The van der Waals surface area contributed by atoms with E-state index in [1.54, 1.807) is 12.4 Å². The summed E-state index contributed by atoms with van der Waals surface area (Å²) in [7, 11) is 0. The topological polar surface area (TPSA) is 48.1 Å². The van der Waals surface area contributed by atoms with E-state index in [1.165, 1.54) is 5.56 Å². The van der Waals surface area contributed by atoms with Crippen molar-refractivity contribution in [2.75, 3.05) is 13.2 Å². The lowest BCUT2D eigenvalue weighted by molar-refractivity contribution is 0.0608. The summed E-state index contributed by atoms with van der Waals surface area (Å²) in [6, 6.07) is 14.2. The number of pyridine rings is 1. The Morgan fingerprint density at radius 2 is 1.78 bits per heavy atom. The molecule has 1 aromatic carbocycles. The highest BCUT2D eigenvalue weighted by atomic mass is 16.5. The Hall–Kier alpha value is -1.71. The first-order chi connectivity index (χ1) is 8.90. The SMILES string of the molecule is NCC(OCCc1ccccc1)c1ccncc1. The molecule has 0 fully saturated rings. The van der Waals surface area contributed by atoms with Crippen molar-refractivity contribution in [2.24, 2.45) is 5.73 Å². The van der Waals surface area contributed by atoms with E-state index < -0.39 is 0 Å². The minimum atomic E-state index is -0.0447. The number of nitrogens with zero attached hydrogens (tertiary/aromatic N) is 1. The van der Waals surface area contributed by atoms with Crippen LogP contribution in [0.15, 0.2) is 54.9 Å². The van der Waals surface area contributed by atoms with Gasteiger partial charge in [0.15, 0.2) is 0 Å². The molecule has 3 nitrogen and oxygen atoms in total. The molecule has 0 aliphatic carbocycles. The number of ether oxygens (including phenoxy) is 1. The summed E-state index contributed by atoms with van der Waals surface area (Å²) >= 11 is 0. The van der Waals surface area contributed by atoms with Gasteiger partial charge in [-0.15, -0.1) is 0 Å². The summed E-state index contributed by atoms with van der Waals surface area (Å²) < 4.78 is 5.83. The van der Waals surface area contributed by atoms with Crippen molar-refractivity contribution in [2.45, 2.75) is 12.5 Å². The Bertz CT molecular complexity index is 445. The first-order valence-electron chi connectivity index (χ1n) is 6.15. The maximum Gasteiger partial charge on any atom is 0.0948 e. The first-order valence-corrected chi connectivity index (χ1v) is 6.15. The average Bonchev–Trinajstić information content (AvgIpc) is 2.46. The predicted molar refractivity (Wildman–Crippen MR) is 72.1 cm³/mol. The maximum absolute atomic E-state index is 5.83. The van der Waals surface area contributed by atoms with Gasteiger partial charge in [0, 0.05) is 18.9 Å². The minimum absolute atomic E-state index is 0.0447. The summed E-state index contributed by atoms with van der Waals surface area (Å²) in [5.74, 6) is 0. The van der Waals surface area contributed by atoms with Crippen LogP contribution in [0.1, 0.15) is 17.2 Å². The Morgan fingerprint density at radius 1 is 1.06 bits per heavy atom. The van der Waals surface area contributed by atoms with Crippen molar-refractivity contribution in [3.63, 3.8) is 0 Å². The van der Waals surface area contributed by atoms with Crippen molar-refractivity contribution in [1.82, 2.24) is 4.98 Å². The fourth-order valence-corrected chi connectivity index (χ4v) is 1.84. The van der Waals surface area contributed by atoms with Gasteiger partial charge in [0.1, 0.15) is 0 Å². The van der Waals surface area contributed by atoms with Crippen molar-refractivity contribution < 1.29 is 4.74 Å². The molecule has 18 heavy (non-hydrogen) atoms. The van der Waals surface area contributed by atoms with Crippen LogP contribution in [0.3, 0.4) is 0 Å². The van der Waals surface area contributed by atoms with Gasteiger partial charge < -0.3 is 10.5 Å². The molecule has 0 saturated carbocycles. The van der Waals surface area contributed by atoms with Gasteiger partial charge in [-0.25, -0.2) is 0 Å². The molecule has 2 aromatic rings. The standard InChI is InChI=1S/C15H18N2O/c16-12-15(14-6-9-17-10-7-14)18-11-8-13-4-2-1-3-5-13/h1-7,9-10,15H,8,11-12,16H2. The molecule has 1 aromatic heterocycles. The van der Waals surface area contributed by atoms with Gasteiger partial charge in [-0.1, -0.05) is 30.3 Å². The van der Waals surface area contributed by atoms with Crippen LogP contribution in [0.4, 0.5) is 0 Å². The Morgan fingerprint density at radius 3 is 2.44 bits per heavy atom. The molecule has 94 valence electrons. The van der Waals surface area contributed by atoms with Gasteiger partial charge in [0.2, 0.25) is 0 Å². The van der Waals surface area contributed by atoms with Crippen LogP contribution in [-0.2, 0) is 11.2 Å². The largest absolute Gasteiger partial charge is 0.372 e. The monoisotopic (exact) mass is 242 g/mol. The minimum Gasteiger partial charge on any atom is -0.372 e. The van der Waals surface area contributed by atoms with E-state index in [2.05, 4.69) is 17.1 Å². The highest BCUT2D eigenvalue weighted by Gasteiger charge is 2.09. The summed E-state index contributed by atoms with van der Waals surface area (Å²) in [6.07, 6.45) is 4.39. The fourth-order valence-electron chi connectivity index (χ4n) is 1.84. The smallest absolute Gasteiger partial charge is 0.0948 e. The van der Waals surface area contributed by atoms with Crippen LogP contribution in [-0.4, -0.2) is 18.1 Å². The van der Waals surface area contributed by atoms with Crippen molar-refractivity contribution in [3.05, 3.63) is 66.0 Å². The molecule has 1 atom stereocenters. The zero-order chi connectivity index (χ0) is 12.6. The first kappa shape index (κ1) is 12.7. The summed E-state index contributed by atoms with van der Waals surface area (Å²) in [5.41, 5.74) is 8.10. The number of nitrogens with two attached hydrogens (primary N) is 1. The van der Waals surface area contributed by atoms with Gasteiger partial charge in [-0.2, -0.15) is 0 Å². The van der Waals surface area contributed by atoms with Gasteiger partial charge in [-0.3, -0.25) is 4.98 Å². The molecular weight excluding hydrogens is 224 g/mol. The van der Waals surface area contributed by atoms with E-state index in [9.17, 15) is 0 Å². The molecule has 0 bridgehead atoms. The number of hydrogen-bond acceptors (Lipinski definition) is 3. The quantitative estimate of drug-likeness (QED) is 0.845. The third-order valence-corrected chi connectivity index (χ3v) is 2.84. The molecule has 0 aliphatic rings. The van der Waals surface area contributed by atoms with Crippen molar-refractivity contribution in [3.8, 4) is 0 Å². The van der Waals surface area contributed by atoms with Crippen molar-refractivity contribution in [1.29, 1.82) is 0 Å².